The van der Waals surface area contributed by atoms with Crippen molar-refractivity contribution in [1.29, 1.82) is 0 Å². The van der Waals surface area contributed by atoms with E-state index in [2.05, 4.69) is 4.74 Å². The highest BCUT2D eigenvalue weighted by atomic mass is 16.6. The molecule has 0 aliphatic carbocycles. The molecule has 0 spiro atoms. The van der Waals surface area contributed by atoms with Crippen molar-refractivity contribution in [3.63, 3.8) is 0 Å². The lowest BCUT2D eigenvalue weighted by molar-refractivity contribution is -0.171. The van der Waals surface area contributed by atoms with Gasteiger partial charge < -0.3 is 25.2 Å². The van der Waals surface area contributed by atoms with Gasteiger partial charge in [-0.15, -0.1) is 0 Å². The van der Waals surface area contributed by atoms with Crippen LogP contribution in [0.15, 0.2) is 24.3 Å². The highest BCUT2D eigenvalue weighted by Crippen LogP contribution is 2.26. The van der Waals surface area contributed by atoms with Crippen molar-refractivity contribution in [2.24, 2.45) is 0 Å². The van der Waals surface area contributed by atoms with E-state index in [1.54, 1.807) is 0 Å². The van der Waals surface area contributed by atoms with Crippen molar-refractivity contribution >= 4 is 23.9 Å². The second-order valence-electron chi connectivity index (χ2n) is 4.35. The first-order valence-corrected chi connectivity index (χ1v) is 5.86. The van der Waals surface area contributed by atoms with Gasteiger partial charge in [0.15, 0.2) is 0 Å². The molecule has 0 heterocycles. The molecule has 0 atom stereocenters. The minimum Gasteiger partial charge on any atom is -0.507 e. The number of benzene rings is 1. The monoisotopic (exact) mass is 312 g/mol. The van der Waals surface area contributed by atoms with Gasteiger partial charge in [0, 0.05) is 0 Å². The van der Waals surface area contributed by atoms with E-state index in [-0.39, 0.29) is 0 Å². The van der Waals surface area contributed by atoms with Gasteiger partial charge in [0.1, 0.15) is 11.3 Å². The fourth-order valence-electron chi connectivity index (χ4n) is 1.70. The molecule has 0 saturated heterocycles. The Bertz CT molecular complexity index is 604. The molecule has 0 fully saturated rings. The number of carbonyl (C=O) groups is 4. The van der Waals surface area contributed by atoms with Crippen molar-refractivity contribution in [2.75, 3.05) is 0 Å². The van der Waals surface area contributed by atoms with Crippen molar-refractivity contribution in [1.82, 2.24) is 0 Å². The molecule has 9 heteroatoms. The van der Waals surface area contributed by atoms with Crippen molar-refractivity contribution in [3.8, 4) is 5.75 Å². The van der Waals surface area contributed by atoms with Crippen LogP contribution in [-0.4, -0.2) is 49.9 Å². The number of aromatic hydroxyl groups is 1. The van der Waals surface area contributed by atoms with Crippen LogP contribution in [0.1, 0.15) is 23.2 Å². The molecule has 1 rings (SSSR count). The summed E-state index contributed by atoms with van der Waals surface area (Å²) in [6.45, 7) is 0. The molecule has 0 radical (unpaired) electrons. The number of hydrogen-bond donors (Lipinski definition) is 4. The Balaban J connectivity index is 3.19. The number of carbonyl (C=O) groups excluding carboxylic acids is 1. The third kappa shape index (κ3) is 3.95. The second-order valence-corrected chi connectivity index (χ2v) is 4.35. The van der Waals surface area contributed by atoms with E-state index < -0.39 is 53.6 Å². The average molecular weight is 312 g/mol. The summed E-state index contributed by atoms with van der Waals surface area (Å²) in [7, 11) is 0. The van der Waals surface area contributed by atoms with E-state index >= 15 is 0 Å². The third-order valence-corrected chi connectivity index (χ3v) is 2.68. The van der Waals surface area contributed by atoms with Crippen LogP contribution in [0.4, 0.5) is 0 Å². The summed E-state index contributed by atoms with van der Waals surface area (Å²) in [4.78, 5) is 44.8. The summed E-state index contributed by atoms with van der Waals surface area (Å²) in [5.74, 6) is -7.09. The summed E-state index contributed by atoms with van der Waals surface area (Å²) in [6, 6.07) is 5.00. The summed E-state index contributed by atoms with van der Waals surface area (Å²) in [5.41, 5.74) is -3.19. The topological polar surface area (TPSA) is 158 Å². The molecule has 0 aliphatic rings. The Morgan fingerprint density at radius 3 is 1.86 bits per heavy atom. The van der Waals surface area contributed by atoms with Crippen molar-refractivity contribution < 1.29 is 44.3 Å². The van der Waals surface area contributed by atoms with Gasteiger partial charge in [-0.3, -0.25) is 9.59 Å². The summed E-state index contributed by atoms with van der Waals surface area (Å²) >= 11 is 0. The van der Waals surface area contributed by atoms with Gasteiger partial charge in [-0.05, 0) is 12.1 Å². The predicted octanol–water partition coefficient (Wildman–Crippen LogP) is 0.322. The Hall–Kier alpha value is -3.10. The van der Waals surface area contributed by atoms with Gasteiger partial charge in [0.25, 0.3) is 0 Å². The highest BCUT2D eigenvalue weighted by molar-refractivity contribution is 5.97. The first-order valence-electron chi connectivity index (χ1n) is 5.86. The molecule has 0 aliphatic heterocycles. The summed E-state index contributed by atoms with van der Waals surface area (Å²) < 4.78 is 4.63. The van der Waals surface area contributed by atoms with Crippen LogP contribution in [0.3, 0.4) is 0 Å². The number of rotatable bonds is 7. The second kappa shape index (κ2) is 6.57. The first-order chi connectivity index (χ1) is 10.2. The van der Waals surface area contributed by atoms with Crippen LogP contribution in [-0.2, 0) is 19.1 Å². The van der Waals surface area contributed by atoms with E-state index in [9.17, 15) is 24.3 Å². The van der Waals surface area contributed by atoms with E-state index in [0.29, 0.717) is 0 Å². The lowest BCUT2D eigenvalue weighted by atomic mass is 9.95. The smallest absolute Gasteiger partial charge is 0.349 e. The van der Waals surface area contributed by atoms with Crippen LogP contribution < -0.4 is 0 Å². The number of para-hydroxylation sites is 1. The zero-order chi connectivity index (χ0) is 16.9. The van der Waals surface area contributed by atoms with Crippen molar-refractivity contribution in [3.05, 3.63) is 29.8 Å². The highest BCUT2D eigenvalue weighted by Gasteiger charge is 2.47. The molecule has 0 amide bonds. The number of phenols is 1. The summed E-state index contributed by atoms with van der Waals surface area (Å²) in [6.07, 6.45) is -2.48. The molecule has 0 unspecified atom stereocenters. The molecule has 0 aromatic heterocycles. The molecule has 1 aromatic carbocycles. The predicted molar refractivity (Wildman–Crippen MR) is 68.4 cm³/mol. The van der Waals surface area contributed by atoms with Crippen LogP contribution in [0.2, 0.25) is 0 Å². The maximum absolute atomic E-state index is 11.9. The van der Waals surface area contributed by atoms with E-state index in [1.807, 2.05) is 0 Å². The number of carboxylic acids is 3. The minimum absolute atomic E-state index is 0.413. The standard InChI is InChI=1S/C13H12O9/c14-8-4-2-1-3-7(8)11(19)22-13(12(20)21,5-9(15)16)6-10(17)18/h1-4,14H,5-6H2,(H,15,16)(H,17,18)(H,20,21). The molecule has 4 N–H and O–H groups in total. The average Bonchev–Trinajstić information content (AvgIpc) is 2.36. The number of phenolic OH excluding ortho intramolecular Hbond substituents is 1. The summed E-state index contributed by atoms with van der Waals surface area (Å²) in [5, 5.41) is 36.1. The molecule has 22 heavy (non-hydrogen) atoms. The molecule has 0 bridgehead atoms. The van der Waals surface area contributed by atoms with Gasteiger partial charge in [-0.1, -0.05) is 12.1 Å². The van der Waals surface area contributed by atoms with Crippen molar-refractivity contribution in [2.45, 2.75) is 18.4 Å². The Morgan fingerprint density at radius 2 is 1.45 bits per heavy atom. The molecule has 0 saturated carbocycles. The Labute approximate surface area is 123 Å². The van der Waals surface area contributed by atoms with Gasteiger partial charge >= 0.3 is 23.9 Å². The first kappa shape index (κ1) is 17.0. The van der Waals surface area contributed by atoms with Crippen LogP contribution in [0.5, 0.6) is 5.75 Å². The number of aliphatic carboxylic acids is 3. The normalized spacial score (nSPS) is 10.7. The quantitative estimate of drug-likeness (QED) is 0.520. The maximum Gasteiger partial charge on any atom is 0.349 e. The van der Waals surface area contributed by atoms with Gasteiger partial charge in [-0.2, -0.15) is 0 Å². The van der Waals surface area contributed by atoms with E-state index in [1.165, 1.54) is 12.1 Å². The minimum atomic E-state index is -2.78. The number of carboxylic acid groups (broad SMARTS) is 3. The zero-order valence-corrected chi connectivity index (χ0v) is 11.1. The van der Waals surface area contributed by atoms with Gasteiger partial charge in [0.2, 0.25) is 5.60 Å². The number of ether oxygens (including phenoxy) is 1. The zero-order valence-electron chi connectivity index (χ0n) is 11.1. The third-order valence-electron chi connectivity index (χ3n) is 2.68. The van der Waals surface area contributed by atoms with Crippen LogP contribution >= 0.6 is 0 Å². The lowest BCUT2D eigenvalue weighted by Gasteiger charge is -2.26. The van der Waals surface area contributed by atoms with Gasteiger partial charge in [-0.25, -0.2) is 9.59 Å². The SMILES string of the molecule is O=C(O)CC(CC(=O)O)(OC(=O)c1ccccc1O)C(=O)O. The fourth-order valence-corrected chi connectivity index (χ4v) is 1.70. The maximum atomic E-state index is 11.9. The number of esters is 1. The number of hydrogen-bond acceptors (Lipinski definition) is 6. The largest absolute Gasteiger partial charge is 0.507 e. The molecule has 1 aromatic rings. The Morgan fingerprint density at radius 1 is 0.955 bits per heavy atom. The lowest BCUT2D eigenvalue weighted by Crippen LogP contribution is -2.47. The van der Waals surface area contributed by atoms with E-state index in [0.717, 1.165) is 12.1 Å². The van der Waals surface area contributed by atoms with Gasteiger partial charge in [0.05, 0.1) is 12.8 Å². The molecular weight excluding hydrogens is 300 g/mol. The van der Waals surface area contributed by atoms with E-state index in [4.69, 9.17) is 15.3 Å². The fraction of sp³-hybridized carbons (Fsp3) is 0.231. The molecular formula is C13H12O9. The Kier molecular flexibility index (Phi) is 5.06. The van der Waals surface area contributed by atoms with Crippen LogP contribution in [0.25, 0.3) is 0 Å². The molecule has 9 nitrogen and oxygen atoms in total. The molecule has 118 valence electrons. The van der Waals surface area contributed by atoms with Crippen LogP contribution in [0, 0.1) is 0 Å².